The topological polar surface area (TPSA) is 102 Å². The molecule has 1 aliphatic heterocycles. The van der Waals surface area contributed by atoms with Crippen molar-refractivity contribution in [3.63, 3.8) is 0 Å². The van der Waals surface area contributed by atoms with Gasteiger partial charge in [-0.1, -0.05) is 18.5 Å². The molecule has 2 aromatic rings. The zero-order chi connectivity index (χ0) is 19.4. The molecule has 3 heterocycles. The van der Waals surface area contributed by atoms with Crippen LogP contribution in [0.2, 0.25) is 5.02 Å². The molecule has 1 aliphatic rings. The monoisotopic (exact) mass is 387 g/mol. The summed E-state index contributed by atoms with van der Waals surface area (Å²) in [5.41, 5.74) is 3.86. The summed E-state index contributed by atoms with van der Waals surface area (Å²) >= 11 is 6.12. The molecule has 0 saturated carbocycles. The van der Waals surface area contributed by atoms with Crippen LogP contribution in [0.4, 0.5) is 18.9 Å². The third-order valence-corrected chi connectivity index (χ3v) is 5.40. The van der Waals surface area contributed by atoms with Crippen LogP contribution in [0.3, 0.4) is 0 Å². The number of alkyl halides is 3. The van der Waals surface area contributed by atoms with Crippen molar-refractivity contribution < 1.29 is 18.3 Å². The standard InChI is InChI=1S/C16H17ClF3N5O/c1-7-9(17)10-11(23-7)12(8(5-21)13(24-10)16(18,19)20)25-4-3-15(2,6-25)14(22)26/h14,23,26H,3-4,6,22H2,1-2H3/t14?,15-/m1/s1. The first-order chi connectivity index (χ1) is 12.0. The van der Waals surface area contributed by atoms with Gasteiger partial charge in [0.1, 0.15) is 23.4 Å². The first-order valence-electron chi connectivity index (χ1n) is 7.87. The normalized spacial score (nSPS) is 22.0. The van der Waals surface area contributed by atoms with Crippen molar-refractivity contribution in [2.75, 3.05) is 18.0 Å². The molecule has 2 atom stereocenters. The number of hydrogen-bond acceptors (Lipinski definition) is 5. The van der Waals surface area contributed by atoms with Gasteiger partial charge >= 0.3 is 6.18 Å². The van der Waals surface area contributed by atoms with Crippen LogP contribution in [0.5, 0.6) is 0 Å². The number of aromatic amines is 1. The van der Waals surface area contributed by atoms with Crippen molar-refractivity contribution in [1.29, 1.82) is 5.26 Å². The molecule has 1 saturated heterocycles. The third-order valence-electron chi connectivity index (χ3n) is 4.94. The van der Waals surface area contributed by atoms with Crippen LogP contribution in [-0.4, -0.2) is 34.4 Å². The summed E-state index contributed by atoms with van der Waals surface area (Å²) in [6.07, 6.45) is -5.47. The van der Waals surface area contributed by atoms with Crippen molar-refractivity contribution in [3.05, 3.63) is 22.0 Å². The van der Waals surface area contributed by atoms with Crippen LogP contribution in [-0.2, 0) is 6.18 Å². The highest BCUT2D eigenvalue weighted by Gasteiger charge is 2.43. The average Bonchev–Trinajstić information content (AvgIpc) is 3.07. The van der Waals surface area contributed by atoms with E-state index >= 15 is 0 Å². The molecule has 26 heavy (non-hydrogen) atoms. The fraction of sp³-hybridized carbons (Fsp3) is 0.500. The number of rotatable bonds is 2. The summed E-state index contributed by atoms with van der Waals surface area (Å²) in [5, 5.41) is 19.4. The highest BCUT2D eigenvalue weighted by Crippen LogP contribution is 2.44. The Morgan fingerprint density at radius 2 is 2.15 bits per heavy atom. The van der Waals surface area contributed by atoms with Gasteiger partial charge in [-0.2, -0.15) is 18.4 Å². The van der Waals surface area contributed by atoms with Gasteiger partial charge in [-0.25, -0.2) is 4.98 Å². The van der Waals surface area contributed by atoms with E-state index in [1.54, 1.807) is 24.8 Å². The van der Waals surface area contributed by atoms with Gasteiger partial charge in [0.15, 0.2) is 5.69 Å². The molecule has 0 aromatic carbocycles. The van der Waals surface area contributed by atoms with Crippen LogP contribution in [0, 0.1) is 23.7 Å². The average molecular weight is 388 g/mol. The summed E-state index contributed by atoms with van der Waals surface area (Å²) < 4.78 is 40.5. The summed E-state index contributed by atoms with van der Waals surface area (Å²) in [4.78, 5) is 8.19. The molecule has 1 fully saturated rings. The van der Waals surface area contributed by atoms with E-state index < -0.39 is 29.1 Å². The van der Waals surface area contributed by atoms with Gasteiger partial charge in [0, 0.05) is 24.2 Å². The molecule has 0 amide bonds. The number of pyridine rings is 1. The van der Waals surface area contributed by atoms with E-state index in [9.17, 15) is 23.5 Å². The van der Waals surface area contributed by atoms with Gasteiger partial charge in [-0.3, -0.25) is 0 Å². The van der Waals surface area contributed by atoms with E-state index in [-0.39, 0.29) is 28.3 Å². The molecule has 6 nitrogen and oxygen atoms in total. The number of anilines is 1. The maximum absolute atomic E-state index is 13.5. The zero-order valence-corrected chi connectivity index (χ0v) is 14.8. The first-order valence-corrected chi connectivity index (χ1v) is 8.25. The number of nitrogens with one attached hydrogen (secondary N) is 1. The molecule has 140 valence electrons. The van der Waals surface area contributed by atoms with Crippen molar-refractivity contribution in [2.24, 2.45) is 11.1 Å². The molecule has 1 unspecified atom stereocenters. The van der Waals surface area contributed by atoms with Gasteiger partial charge in [0.2, 0.25) is 0 Å². The second kappa shape index (κ2) is 6.01. The van der Waals surface area contributed by atoms with Crippen molar-refractivity contribution in [1.82, 2.24) is 9.97 Å². The molecule has 3 rings (SSSR count). The lowest BCUT2D eigenvalue weighted by Gasteiger charge is -2.28. The Hall–Kier alpha value is -2.02. The number of aliphatic hydroxyl groups is 1. The summed E-state index contributed by atoms with van der Waals surface area (Å²) in [6, 6.07) is 1.64. The second-order valence-electron chi connectivity index (χ2n) is 6.85. The van der Waals surface area contributed by atoms with Crippen LogP contribution in [0.15, 0.2) is 0 Å². The van der Waals surface area contributed by atoms with Crippen LogP contribution < -0.4 is 10.6 Å². The largest absolute Gasteiger partial charge is 0.434 e. The Morgan fingerprint density at radius 1 is 1.50 bits per heavy atom. The Labute approximate surface area is 152 Å². The van der Waals surface area contributed by atoms with Crippen LogP contribution in [0.1, 0.15) is 30.3 Å². The number of aromatic nitrogens is 2. The third kappa shape index (κ3) is 2.78. The fourth-order valence-electron chi connectivity index (χ4n) is 3.31. The summed E-state index contributed by atoms with van der Waals surface area (Å²) in [7, 11) is 0. The number of nitrogens with two attached hydrogens (primary N) is 1. The number of H-pyrrole nitrogens is 1. The highest BCUT2D eigenvalue weighted by atomic mass is 35.5. The minimum absolute atomic E-state index is 0.0348. The van der Waals surface area contributed by atoms with Crippen LogP contribution in [0.25, 0.3) is 11.0 Å². The molecule has 4 N–H and O–H groups in total. The van der Waals surface area contributed by atoms with Gasteiger partial charge in [-0.15, -0.1) is 0 Å². The molecule has 0 aliphatic carbocycles. The quantitative estimate of drug-likeness (QED) is 0.688. The number of aliphatic hydroxyl groups excluding tert-OH is 1. The number of nitriles is 1. The van der Waals surface area contributed by atoms with E-state index in [2.05, 4.69) is 9.97 Å². The minimum atomic E-state index is -4.81. The number of halogens is 4. The van der Waals surface area contributed by atoms with Crippen molar-refractivity contribution in [3.8, 4) is 6.07 Å². The van der Waals surface area contributed by atoms with Gasteiger partial charge < -0.3 is 20.7 Å². The lowest BCUT2D eigenvalue weighted by Crippen LogP contribution is -2.41. The first kappa shape index (κ1) is 18.8. The van der Waals surface area contributed by atoms with Crippen molar-refractivity contribution in [2.45, 2.75) is 32.7 Å². The van der Waals surface area contributed by atoms with E-state index in [0.717, 1.165) is 0 Å². The van der Waals surface area contributed by atoms with E-state index in [0.29, 0.717) is 18.7 Å². The maximum Gasteiger partial charge on any atom is 0.434 e. The Balaban J connectivity index is 2.30. The molecule has 10 heteroatoms. The SMILES string of the molecule is Cc1[nH]c2c(N3CC[C@@](C)(C(N)O)C3)c(C#N)c(C(F)(F)F)nc2c1Cl. The van der Waals surface area contributed by atoms with E-state index in [1.165, 1.54) is 0 Å². The van der Waals surface area contributed by atoms with Gasteiger partial charge in [0.05, 0.1) is 16.2 Å². The highest BCUT2D eigenvalue weighted by molar-refractivity contribution is 6.36. The number of hydrogen-bond donors (Lipinski definition) is 3. The van der Waals surface area contributed by atoms with Crippen LogP contribution >= 0.6 is 11.6 Å². The Morgan fingerprint density at radius 3 is 2.65 bits per heavy atom. The molecule has 2 aromatic heterocycles. The molecular formula is C16H17ClF3N5O. The molecule has 0 radical (unpaired) electrons. The van der Waals surface area contributed by atoms with Crippen molar-refractivity contribution >= 4 is 28.3 Å². The fourth-order valence-corrected chi connectivity index (χ4v) is 3.50. The predicted molar refractivity (Wildman–Crippen MR) is 90.7 cm³/mol. The predicted octanol–water partition coefficient (Wildman–Crippen LogP) is 2.91. The summed E-state index contributed by atoms with van der Waals surface area (Å²) in [5.74, 6) is 0. The van der Waals surface area contributed by atoms with Gasteiger partial charge in [0.25, 0.3) is 0 Å². The number of nitrogens with zero attached hydrogens (tertiary/aromatic N) is 3. The second-order valence-corrected chi connectivity index (χ2v) is 7.23. The summed E-state index contributed by atoms with van der Waals surface area (Å²) in [6.45, 7) is 3.90. The lowest BCUT2D eigenvalue weighted by atomic mass is 9.88. The molecule has 0 spiro atoms. The minimum Gasteiger partial charge on any atom is -0.378 e. The lowest BCUT2D eigenvalue weighted by molar-refractivity contribution is -0.141. The number of fused-ring (bicyclic) bond motifs is 1. The molecule has 0 bridgehead atoms. The van der Waals surface area contributed by atoms with Gasteiger partial charge in [-0.05, 0) is 13.3 Å². The number of aryl methyl sites for hydroxylation is 1. The smallest absolute Gasteiger partial charge is 0.378 e. The Kier molecular flexibility index (Phi) is 4.34. The maximum atomic E-state index is 13.5. The zero-order valence-electron chi connectivity index (χ0n) is 14.1. The Bertz CT molecular complexity index is 917. The van der Waals surface area contributed by atoms with E-state index in [4.69, 9.17) is 17.3 Å². The molecular weight excluding hydrogens is 371 g/mol. The van der Waals surface area contributed by atoms with E-state index in [1.807, 2.05) is 0 Å².